The smallest absolute Gasteiger partial charge is 0.406 e. The van der Waals surface area contributed by atoms with Crippen molar-refractivity contribution in [3.05, 3.63) is 59.9 Å². The van der Waals surface area contributed by atoms with Crippen LogP contribution in [0.1, 0.15) is 18.4 Å². The van der Waals surface area contributed by atoms with Crippen LogP contribution in [0.25, 0.3) is 0 Å². The lowest BCUT2D eigenvalue weighted by Crippen LogP contribution is -2.43. The molecular weight excluding hydrogens is 452 g/mol. The summed E-state index contributed by atoms with van der Waals surface area (Å²) in [4.78, 5) is 13.9. The molecule has 0 radical (unpaired) electrons. The van der Waals surface area contributed by atoms with E-state index >= 15 is 0 Å². The van der Waals surface area contributed by atoms with Crippen molar-refractivity contribution in [2.24, 2.45) is 5.92 Å². The summed E-state index contributed by atoms with van der Waals surface area (Å²) in [5, 5.41) is 0. The van der Waals surface area contributed by atoms with Crippen molar-refractivity contribution < 1.29 is 35.5 Å². The topological polar surface area (TPSA) is 66.9 Å². The monoisotopic (exact) mass is 474 g/mol. The molecule has 1 heterocycles. The minimum Gasteiger partial charge on any atom is -0.406 e. The Kier molecular flexibility index (Phi) is 7.09. The maximum atomic E-state index is 13.0. The lowest BCUT2D eigenvalue weighted by atomic mass is 9.96. The van der Waals surface area contributed by atoms with Gasteiger partial charge in [-0.15, -0.1) is 13.2 Å². The molecule has 0 spiro atoms. The number of hydrogen-bond donors (Lipinski definition) is 0. The third-order valence-electron chi connectivity index (χ3n) is 5.19. The Morgan fingerprint density at radius 2 is 1.75 bits per heavy atom. The van der Waals surface area contributed by atoms with Gasteiger partial charge in [-0.2, -0.15) is 4.31 Å². The second-order valence-corrected chi connectivity index (χ2v) is 9.46. The molecule has 2 aromatic carbocycles. The maximum Gasteiger partial charge on any atom is 0.573 e. The normalized spacial score (nSPS) is 16.0. The van der Waals surface area contributed by atoms with Crippen molar-refractivity contribution in [3.8, 4) is 5.75 Å². The molecule has 0 N–H and O–H groups in total. The van der Waals surface area contributed by atoms with E-state index in [0.717, 1.165) is 22.0 Å². The van der Waals surface area contributed by atoms with Gasteiger partial charge in [0, 0.05) is 38.7 Å². The van der Waals surface area contributed by atoms with E-state index in [2.05, 4.69) is 4.74 Å². The van der Waals surface area contributed by atoms with Gasteiger partial charge in [0.25, 0.3) is 0 Å². The number of piperidine rings is 1. The second-order valence-electron chi connectivity index (χ2n) is 7.52. The molecule has 0 saturated carbocycles. The number of nitrogens with zero attached hydrogens (tertiary/aromatic N) is 2. The van der Waals surface area contributed by atoms with Crippen LogP contribution >= 0.6 is 0 Å². The third kappa shape index (κ3) is 5.98. The molecule has 11 heteroatoms. The molecule has 6 nitrogen and oxygen atoms in total. The standard InChI is InChI=1S/C21H22F4N2O4S/c1-26(14-15-5-7-17(22)8-6-15)20(28)16-9-11-27(12-10-16)32(29,30)19-4-2-3-18(13-19)31-21(23,24)25/h2-8,13,16H,9-12,14H2,1H3. The average molecular weight is 474 g/mol. The van der Waals surface area contributed by atoms with Gasteiger partial charge in [0.05, 0.1) is 4.90 Å². The second kappa shape index (κ2) is 9.45. The van der Waals surface area contributed by atoms with Crippen LogP contribution in [0.15, 0.2) is 53.4 Å². The van der Waals surface area contributed by atoms with Gasteiger partial charge in [0.2, 0.25) is 15.9 Å². The van der Waals surface area contributed by atoms with Crippen LogP contribution in [-0.4, -0.2) is 50.0 Å². The summed E-state index contributed by atoms with van der Waals surface area (Å²) >= 11 is 0. The summed E-state index contributed by atoms with van der Waals surface area (Å²) in [6.45, 7) is 0.421. The Morgan fingerprint density at radius 1 is 1.12 bits per heavy atom. The Balaban J connectivity index is 1.61. The lowest BCUT2D eigenvalue weighted by molar-refractivity contribution is -0.274. The number of sulfonamides is 1. The van der Waals surface area contributed by atoms with Gasteiger partial charge in [0.15, 0.2) is 0 Å². The zero-order chi connectivity index (χ0) is 23.5. The minimum atomic E-state index is -4.93. The number of carbonyl (C=O) groups is 1. The van der Waals surface area contributed by atoms with E-state index in [4.69, 9.17) is 0 Å². The number of hydrogen-bond acceptors (Lipinski definition) is 4. The van der Waals surface area contributed by atoms with E-state index in [1.54, 1.807) is 19.2 Å². The molecule has 3 rings (SSSR count). The number of ether oxygens (including phenoxy) is 1. The molecule has 0 aromatic heterocycles. The average Bonchev–Trinajstić information content (AvgIpc) is 2.74. The Labute approximate surface area is 183 Å². The highest BCUT2D eigenvalue weighted by Crippen LogP contribution is 2.29. The van der Waals surface area contributed by atoms with Crippen LogP contribution < -0.4 is 4.74 Å². The van der Waals surface area contributed by atoms with Gasteiger partial charge < -0.3 is 9.64 Å². The summed E-state index contributed by atoms with van der Waals surface area (Å²) < 4.78 is 81.0. The number of carbonyl (C=O) groups excluding carboxylic acids is 1. The number of amides is 1. The predicted octanol–water partition coefficient (Wildman–Crippen LogP) is 3.78. The number of benzene rings is 2. The molecule has 1 saturated heterocycles. The van der Waals surface area contributed by atoms with Gasteiger partial charge in [0.1, 0.15) is 11.6 Å². The van der Waals surface area contributed by atoms with E-state index in [1.165, 1.54) is 29.2 Å². The first-order valence-electron chi connectivity index (χ1n) is 9.81. The van der Waals surface area contributed by atoms with Crippen molar-refractivity contribution in [1.29, 1.82) is 0 Å². The quantitative estimate of drug-likeness (QED) is 0.598. The van der Waals surface area contributed by atoms with Crippen molar-refractivity contribution in [3.63, 3.8) is 0 Å². The molecule has 1 aliphatic heterocycles. The minimum absolute atomic E-state index is 0.0630. The van der Waals surface area contributed by atoms with Crippen LogP contribution in [-0.2, 0) is 21.4 Å². The van der Waals surface area contributed by atoms with Crippen molar-refractivity contribution in [2.75, 3.05) is 20.1 Å². The van der Waals surface area contributed by atoms with E-state index in [1.807, 2.05) is 0 Å². The van der Waals surface area contributed by atoms with Crippen LogP contribution in [0, 0.1) is 11.7 Å². The van der Waals surface area contributed by atoms with Gasteiger partial charge in [-0.1, -0.05) is 18.2 Å². The third-order valence-corrected chi connectivity index (χ3v) is 7.08. The highest BCUT2D eigenvalue weighted by molar-refractivity contribution is 7.89. The summed E-state index contributed by atoms with van der Waals surface area (Å²) in [7, 11) is -2.41. The Bertz CT molecular complexity index is 1050. The van der Waals surface area contributed by atoms with E-state index < -0.39 is 22.1 Å². The van der Waals surface area contributed by atoms with Crippen LogP contribution in [0.3, 0.4) is 0 Å². The number of halogens is 4. The maximum absolute atomic E-state index is 13.0. The largest absolute Gasteiger partial charge is 0.573 e. The Morgan fingerprint density at radius 3 is 2.34 bits per heavy atom. The van der Waals surface area contributed by atoms with Gasteiger partial charge in [-0.25, -0.2) is 12.8 Å². The van der Waals surface area contributed by atoms with Crippen LogP contribution in [0.4, 0.5) is 17.6 Å². The molecule has 0 bridgehead atoms. The summed E-state index contributed by atoms with van der Waals surface area (Å²) in [5.41, 5.74) is 0.767. The fourth-order valence-electron chi connectivity index (χ4n) is 3.58. The highest BCUT2D eigenvalue weighted by atomic mass is 32.2. The van der Waals surface area contributed by atoms with E-state index in [-0.39, 0.29) is 48.5 Å². The van der Waals surface area contributed by atoms with Gasteiger partial charge >= 0.3 is 6.36 Å². The molecule has 2 aromatic rings. The Hall–Kier alpha value is -2.66. The van der Waals surface area contributed by atoms with Crippen LogP contribution in [0.2, 0.25) is 0 Å². The van der Waals surface area contributed by atoms with Crippen LogP contribution in [0.5, 0.6) is 5.75 Å². The first-order valence-corrected chi connectivity index (χ1v) is 11.2. The fourth-order valence-corrected chi connectivity index (χ4v) is 5.08. The van der Waals surface area contributed by atoms with Gasteiger partial charge in [-0.05, 0) is 42.7 Å². The fraction of sp³-hybridized carbons (Fsp3) is 0.381. The molecule has 1 amide bonds. The predicted molar refractivity (Wildman–Crippen MR) is 107 cm³/mol. The van der Waals surface area contributed by atoms with Gasteiger partial charge in [-0.3, -0.25) is 4.79 Å². The number of alkyl halides is 3. The summed E-state index contributed by atoms with van der Waals surface area (Å²) in [5.74, 6) is -1.52. The highest BCUT2D eigenvalue weighted by Gasteiger charge is 2.35. The molecule has 0 unspecified atom stereocenters. The van der Waals surface area contributed by atoms with E-state index in [9.17, 15) is 30.8 Å². The first-order chi connectivity index (χ1) is 15.0. The molecular formula is C21H22F4N2O4S. The van der Waals surface area contributed by atoms with Crippen molar-refractivity contribution in [2.45, 2.75) is 30.6 Å². The SMILES string of the molecule is CN(Cc1ccc(F)cc1)C(=O)C1CCN(S(=O)(=O)c2cccc(OC(F)(F)F)c2)CC1. The zero-order valence-corrected chi connectivity index (χ0v) is 18.0. The lowest BCUT2D eigenvalue weighted by Gasteiger charge is -2.32. The molecule has 1 fully saturated rings. The number of rotatable bonds is 6. The molecule has 1 aliphatic rings. The zero-order valence-electron chi connectivity index (χ0n) is 17.2. The van der Waals surface area contributed by atoms with Crippen molar-refractivity contribution in [1.82, 2.24) is 9.21 Å². The summed E-state index contributed by atoms with van der Waals surface area (Å²) in [6, 6.07) is 10.0. The molecule has 32 heavy (non-hydrogen) atoms. The molecule has 0 atom stereocenters. The molecule has 0 aliphatic carbocycles. The van der Waals surface area contributed by atoms with E-state index in [0.29, 0.717) is 6.54 Å². The molecule has 174 valence electrons. The first kappa shape index (κ1) is 24.0. The van der Waals surface area contributed by atoms with Crippen molar-refractivity contribution >= 4 is 15.9 Å². The summed E-state index contributed by atoms with van der Waals surface area (Å²) in [6.07, 6.45) is -4.36.